The van der Waals surface area contributed by atoms with Crippen molar-refractivity contribution in [2.45, 2.75) is 19.8 Å². The molecule has 2 heterocycles. The van der Waals surface area contributed by atoms with E-state index in [2.05, 4.69) is 22.0 Å². The molecule has 1 aromatic rings. The molecule has 0 spiro atoms. The highest BCUT2D eigenvalue weighted by atomic mass is 32.1. The van der Waals surface area contributed by atoms with Crippen LogP contribution >= 0.6 is 11.3 Å². The third-order valence-electron chi connectivity index (χ3n) is 2.36. The van der Waals surface area contributed by atoms with Crippen molar-refractivity contribution in [1.82, 2.24) is 10.2 Å². The lowest BCUT2D eigenvalue weighted by molar-refractivity contribution is 0.446. The summed E-state index contributed by atoms with van der Waals surface area (Å²) in [6.45, 7) is 4.46. The highest BCUT2D eigenvalue weighted by Crippen LogP contribution is 2.26. The van der Waals surface area contributed by atoms with Gasteiger partial charge in [-0.25, -0.2) is 0 Å². The van der Waals surface area contributed by atoms with Crippen LogP contribution in [0.3, 0.4) is 0 Å². The summed E-state index contributed by atoms with van der Waals surface area (Å²) >= 11 is 1.48. The van der Waals surface area contributed by atoms with Gasteiger partial charge in [0.1, 0.15) is 0 Å². The van der Waals surface area contributed by atoms with E-state index in [-0.39, 0.29) is 0 Å². The van der Waals surface area contributed by atoms with Gasteiger partial charge in [-0.2, -0.15) is 0 Å². The fourth-order valence-electron chi connectivity index (χ4n) is 1.72. The maximum absolute atomic E-state index is 5.54. The van der Waals surface area contributed by atoms with Gasteiger partial charge in [0.15, 0.2) is 0 Å². The molecule has 0 aromatic carbocycles. The lowest BCUT2D eigenvalue weighted by Gasteiger charge is -2.29. The van der Waals surface area contributed by atoms with Gasteiger partial charge in [0.2, 0.25) is 10.3 Å². The van der Waals surface area contributed by atoms with Gasteiger partial charge in [-0.3, -0.25) is 0 Å². The van der Waals surface area contributed by atoms with Crippen molar-refractivity contribution in [3.63, 3.8) is 0 Å². The molecule has 1 aliphatic rings. The van der Waals surface area contributed by atoms with Gasteiger partial charge in [-0.15, -0.1) is 10.2 Å². The van der Waals surface area contributed by atoms with Gasteiger partial charge in [-0.05, 0) is 18.8 Å². The monoisotopic (exact) mass is 198 g/mol. The molecular weight excluding hydrogens is 184 g/mol. The number of piperidine rings is 1. The van der Waals surface area contributed by atoms with Crippen LogP contribution in [0.15, 0.2) is 0 Å². The summed E-state index contributed by atoms with van der Waals surface area (Å²) in [5.41, 5.74) is 5.54. The van der Waals surface area contributed by atoms with E-state index in [1.807, 2.05) is 0 Å². The van der Waals surface area contributed by atoms with Gasteiger partial charge in [-0.1, -0.05) is 18.3 Å². The zero-order chi connectivity index (χ0) is 9.26. The van der Waals surface area contributed by atoms with Crippen molar-refractivity contribution in [3.05, 3.63) is 0 Å². The van der Waals surface area contributed by atoms with Gasteiger partial charge in [0.05, 0.1) is 0 Å². The third-order valence-corrected chi connectivity index (χ3v) is 3.17. The molecule has 0 bridgehead atoms. The van der Waals surface area contributed by atoms with Crippen LogP contribution < -0.4 is 10.6 Å². The molecule has 4 nitrogen and oxygen atoms in total. The van der Waals surface area contributed by atoms with E-state index in [4.69, 9.17) is 5.73 Å². The van der Waals surface area contributed by atoms with Gasteiger partial charge in [0, 0.05) is 13.1 Å². The van der Waals surface area contributed by atoms with E-state index < -0.39 is 0 Å². The molecule has 13 heavy (non-hydrogen) atoms. The second kappa shape index (κ2) is 3.49. The normalized spacial score (nSPS) is 23.5. The van der Waals surface area contributed by atoms with Gasteiger partial charge < -0.3 is 10.6 Å². The fourth-order valence-corrected chi connectivity index (χ4v) is 2.36. The number of anilines is 2. The van der Waals surface area contributed by atoms with Crippen molar-refractivity contribution >= 4 is 21.6 Å². The second-order valence-electron chi connectivity index (χ2n) is 3.62. The van der Waals surface area contributed by atoms with E-state index in [9.17, 15) is 0 Å². The Balaban J connectivity index is 2.08. The molecule has 72 valence electrons. The molecule has 0 radical (unpaired) electrons. The first-order valence-electron chi connectivity index (χ1n) is 4.59. The molecule has 1 aliphatic heterocycles. The molecule has 5 heteroatoms. The van der Waals surface area contributed by atoms with Crippen LogP contribution in [0.2, 0.25) is 0 Å². The maximum atomic E-state index is 5.54. The molecule has 0 aliphatic carbocycles. The Morgan fingerprint density at radius 1 is 1.54 bits per heavy atom. The highest BCUT2D eigenvalue weighted by molar-refractivity contribution is 7.18. The number of nitrogens with two attached hydrogens (primary N) is 1. The topological polar surface area (TPSA) is 55.0 Å². The van der Waals surface area contributed by atoms with Crippen molar-refractivity contribution in [3.8, 4) is 0 Å². The van der Waals surface area contributed by atoms with E-state index in [1.54, 1.807) is 0 Å². The van der Waals surface area contributed by atoms with Crippen molar-refractivity contribution in [2.24, 2.45) is 5.92 Å². The largest absolute Gasteiger partial charge is 0.374 e. The minimum absolute atomic E-state index is 0.563. The molecule has 0 amide bonds. The smallest absolute Gasteiger partial charge is 0.209 e. The third kappa shape index (κ3) is 1.91. The highest BCUT2D eigenvalue weighted by Gasteiger charge is 2.19. The molecular formula is C8H14N4S. The Kier molecular flexibility index (Phi) is 2.35. The quantitative estimate of drug-likeness (QED) is 0.740. The summed E-state index contributed by atoms with van der Waals surface area (Å²) in [6, 6.07) is 0. The minimum Gasteiger partial charge on any atom is -0.374 e. The fraction of sp³-hybridized carbons (Fsp3) is 0.750. The first-order valence-corrected chi connectivity index (χ1v) is 5.41. The Morgan fingerprint density at radius 3 is 3.00 bits per heavy atom. The summed E-state index contributed by atoms with van der Waals surface area (Å²) in [5.74, 6) is 0.763. The Morgan fingerprint density at radius 2 is 2.38 bits per heavy atom. The minimum atomic E-state index is 0.563. The van der Waals surface area contributed by atoms with Crippen molar-refractivity contribution in [1.29, 1.82) is 0 Å². The number of nitrogens with zero attached hydrogens (tertiary/aromatic N) is 3. The summed E-state index contributed by atoms with van der Waals surface area (Å²) in [7, 11) is 0. The van der Waals surface area contributed by atoms with Crippen LogP contribution in [0.25, 0.3) is 0 Å². The summed E-state index contributed by atoms with van der Waals surface area (Å²) in [6.07, 6.45) is 2.57. The van der Waals surface area contributed by atoms with Crippen LogP contribution in [-0.2, 0) is 0 Å². The number of hydrogen-bond acceptors (Lipinski definition) is 5. The number of aromatic nitrogens is 2. The second-order valence-corrected chi connectivity index (χ2v) is 4.60. The molecule has 2 rings (SSSR count). The Labute approximate surface area is 81.8 Å². The average molecular weight is 198 g/mol. The summed E-state index contributed by atoms with van der Waals surface area (Å²) in [4.78, 5) is 2.28. The SMILES string of the molecule is C[C@@H]1CCCN(c2nnc(N)s2)C1. The predicted molar refractivity (Wildman–Crippen MR) is 54.9 cm³/mol. The maximum Gasteiger partial charge on any atom is 0.209 e. The lowest BCUT2D eigenvalue weighted by atomic mass is 10.0. The van der Waals surface area contributed by atoms with E-state index >= 15 is 0 Å². The zero-order valence-corrected chi connectivity index (χ0v) is 8.55. The van der Waals surface area contributed by atoms with E-state index in [0.29, 0.717) is 5.13 Å². The first kappa shape index (κ1) is 8.74. The van der Waals surface area contributed by atoms with Crippen LogP contribution in [0, 0.1) is 5.92 Å². The number of hydrogen-bond donors (Lipinski definition) is 1. The molecule has 1 fully saturated rings. The summed E-state index contributed by atoms with van der Waals surface area (Å²) < 4.78 is 0. The molecule has 1 atom stereocenters. The first-order chi connectivity index (χ1) is 6.25. The summed E-state index contributed by atoms with van der Waals surface area (Å²) in [5, 5.41) is 9.40. The zero-order valence-electron chi connectivity index (χ0n) is 7.73. The number of rotatable bonds is 1. The van der Waals surface area contributed by atoms with Crippen molar-refractivity contribution in [2.75, 3.05) is 23.7 Å². The van der Waals surface area contributed by atoms with Crippen LogP contribution in [0.1, 0.15) is 19.8 Å². The standard InChI is InChI=1S/C8H14N4S/c1-6-3-2-4-12(5-6)8-11-10-7(9)13-8/h6H,2-5H2,1H3,(H2,9,10)/t6-/m1/s1. The average Bonchev–Trinajstić information content (AvgIpc) is 2.52. The molecule has 1 saturated heterocycles. The molecule has 0 unspecified atom stereocenters. The Bertz CT molecular complexity index is 285. The predicted octanol–water partition coefficient (Wildman–Crippen LogP) is 1.36. The molecule has 0 saturated carbocycles. The van der Waals surface area contributed by atoms with Gasteiger partial charge in [0.25, 0.3) is 0 Å². The lowest BCUT2D eigenvalue weighted by Crippen LogP contribution is -2.34. The van der Waals surface area contributed by atoms with Crippen LogP contribution in [0.5, 0.6) is 0 Å². The molecule has 1 aromatic heterocycles. The number of nitrogen functional groups attached to an aromatic ring is 1. The van der Waals surface area contributed by atoms with Crippen LogP contribution in [0.4, 0.5) is 10.3 Å². The van der Waals surface area contributed by atoms with Crippen molar-refractivity contribution < 1.29 is 0 Å². The van der Waals surface area contributed by atoms with E-state index in [1.165, 1.54) is 24.2 Å². The van der Waals surface area contributed by atoms with Crippen LogP contribution in [-0.4, -0.2) is 23.3 Å². The van der Waals surface area contributed by atoms with E-state index in [0.717, 1.165) is 24.1 Å². The van der Waals surface area contributed by atoms with Gasteiger partial charge >= 0.3 is 0 Å². The Hall–Kier alpha value is -0.840. The molecule has 2 N–H and O–H groups in total.